The summed E-state index contributed by atoms with van der Waals surface area (Å²) in [7, 11) is -2.11. The van der Waals surface area contributed by atoms with Crippen molar-refractivity contribution in [2.45, 2.75) is 57.3 Å². The Morgan fingerprint density at radius 1 is 1.00 bits per heavy atom. The van der Waals surface area contributed by atoms with Gasteiger partial charge in [-0.15, -0.1) is 0 Å². The molecular weight excluding hydrogens is 526 g/mol. The summed E-state index contributed by atoms with van der Waals surface area (Å²) < 4.78 is 67.1. The van der Waals surface area contributed by atoms with Crippen molar-refractivity contribution in [2.75, 3.05) is 21.7 Å². The molecule has 0 heterocycles. The van der Waals surface area contributed by atoms with E-state index < -0.39 is 69.3 Å². The number of hydrogen-bond donors (Lipinski definition) is 2. The molecule has 3 amide bonds. The number of hydrogen-bond acceptors (Lipinski definition) is 4. The van der Waals surface area contributed by atoms with Crippen molar-refractivity contribution < 1.29 is 36.2 Å². The fourth-order valence-electron chi connectivity index (χ4n) is 4.30. The highest BCUT2D eigenvalue weighted by Gasteiger charge is 2.39. The normalized spacial score (nSPS) is 15.8. The number of alkyl halides is 3. The molecule has 3 rings (SSSR count). The maximum absolute atomic E-state index is 13.8. The van der Waals surface area contributed by atoms with E-state index in [9.17, 15) is 36.2 Å². The fourth-order valence-corrected chi connectivity index (χ4v) is 5.18. The van der Waals surface area contributed by atoms with Gasteiger partial charge in [0.25, 0.3) is 0 Å². The van der Waals surface area contributed by atoms with Gasteiger partial charge in [-0.1, -0.05) is 31.4 Å². The second-order valence-electron chi connectivity index (χ2n) is 9.08. The first kappa shape index (κ1) is 29.3. The Morgan fingerprint density at radius 3 is 2.26 bits per heavy atom. The third kappa shape index (κ3) is 8.11. The van der Waals surface area contributed by atoms with Gasteiger partial charge in [-0.2, -0.15) is 13.2 Å². The van der Waals surface area contributed by atoms with Gasteiger partial charge in [-0.25, -0.2) is 4.39 Å². The van der Waals surface area contributed by atoms with Crippen LogP contribution in [0.15, 0.2) is 48.5 Å². The third-order valence-electron chi connectivity index (χ3n) is 6.16. The van der Waals surface area contributed by atoms with Crippen LogP contribution in [-0.2, 0) is 31.4 Å². The van der Waals surface area contributed by atoms with E-state index in [0.29, 0.717) is 4.90 Å². The summed E-state index contributed by atoms with van der Waals surface area (Å²) in [4.78, 5) is 39.2. The number of rotatable bonds is 9. The van der Waals surface area contributed by atoms with E-state index in [4.69, 9.17) is 0 Å². The largest absolute Gasteiger partial charge is 0.418 e. The van der Waals surface area contributed by atoms with E-state index in [1.807, 2.05) is 0 Å². The van der Waals surface area contributed by atoms with Gasteiger partial charge >= 0.3 is 6.18 Å². The first-order valence-corrected chi connectivity index (χ1v) is 13.6. The average Bonchev–Trinajstić information content (AvgIpc) is 2.85. The number of halogens is 4. The maximum atomic E-state index is 13.8. The maximum Gasteiger partial charge on any atom is 0.418 e. The van der Waals surface area contributed by atoms with Crippen LogP contribution in [0.2, 0.25) is 0 Å². The predicted octanol–water partition coefficient (Wildman–Crippen LogP) is 4.40. The number of carbonyl (C=O) groups is 3. The zero-order chi connectivity index (χ0) is 27.9. The summed E-state index contributed by atoms with van der Waals surface area (Å²) in [5.41, 5.74) is -1.41. The number of para-hydroxylation sites is 1. The number of anilines is 2. The molecule has 0 unspecified atom stereocenters. The second kappa shape index (κ2) is 13.0. The van der Waals surface area contributed by atoms with Crippen molar-refractivity contribution in [3.63, 3.8) is 0 Å². The number of carbonyl (C=O) groups excluding carboxylic acids is 3. The molecule has 2 atom stereocenters. The predicted molar refractivity (Wildman–Crippen MR) is 136 cm³/mol. The molecule has 0 aromatic heterocycles. The smallest absolute Gasteiger partial charge is 0.352 e. The van der Waals surface area contributed by atoms with E-state index in [-0.39, 0.29) is 11.7 Å². The molecule has 38 heavy (non-hydrogen) atoms. The Bertz CT molecular complexity index is 1170. The van der Waals surface area contributed by atoms with Crippen LogP contribution in [0.3, 0.4) is 0 Å². The molecule has 2 aromatic rings. The van der Waals surface area contributed by atoms with Gasteiger partial charge in [0.2, 0.25) is 17.7 Å². The minimum Gasteiger partial charge on any atom is -0.352 e. The van der Waals surface area contributed by atoms with Crippen molar-refractivity contribution in [2.24, 2.45) is 0 Å². The average molecular weight is 556 g/mol. The number of nitrogens with one attached hydrogen (secondary N) is 2. The molecule has 7 nitrogen and oxygen atoms in total. The molecule has 0 radical (unpaired) electrons. The molecule has 2 aromatic carbocycles. The van der Waals surface area contributed by atoms with E-state index >= 15 is 0 Å². The fraction of sp³-hybridized carbons (Fsp3) is 0.423. The van der Waals surface area contributed by atoms with Crippen LogP contribution in [0.1, 0.15) is 44.6 Å². The van der Waals surface area contributed by atoms with Gasteiger partial charge in [0, 0.05) is 22.5 Å². The van der Waals surface area contributed by atoms with E-state index in [1.54, 1.807) is 0 Å². The van der Waals surface area contributed by atoms with Gasteiger partial charge < -0.3 is 10.6 Å². The molecule has 2 N–H and O–H groups in total. The molecular formula is C26H29F4N3O4S. The molecule has 1 aliphatic carbocycles. The summed E-state index contributed by atoms with van der Waals surface area (Å²) in [6.45, 7) is 1.31. The Kier molecular flexibility index (Phi) is 10.0. The van der Waals surface area contributed by atoms with Crippen LogP contribution in [0, 0.1) is 5.82 Å². The minimum atomic E-state index is -4.82. The zero-order valence-corrected chi connectivity index (χ0v) is 21.5. The minimum absolute atomic E-state index is 0.141. The van der Waals surface area contributed by atoms with Gasteiger partial charge in [0.1, 0.15) is 23.4 Å². The lowest BCUT2D eigenvalue weighted by Gasteiger charge is -2.32. The van der Waals surface area contributed by atoms with Crippen LogP contribution < -0.4 is 15.5 Å². The molecule has 12 heteroatoms. The third-order valence-corrected chi connectivity index (χ3v) is 7.31. The number of nitrogens with zero attached hydrogens (tertiary/aromatic N) is 1. The first-order valence-electron chi connectivity index (χ1n) is 12.1. The lowest BCUT2D eigenvalue weighted by atomic mass is 9.95. The lowest BCUT2D eigenvalue weighted by molar-refractivity contribution is -0.137. The number of benzene rings is 2. The van der Waals surface area contributed by atoms with Crippen LogP contribution in [0.4, 0.5) is 28.9 Å². The second-order valence-corrected chi connectivity index (χ2v) is 10.5. The Morgan fingerprint density at radius 2 is 1.63 bits per heavy atom. The summed E-state index contributed by atoms with van der Waals surface area (Å²) in [6.07, 6.45) is -0.484. The van der Waals surface area contributed by atoms with E-state index in [0.717, 1.165) is 56.4 Å². The standard InChI is InChI=1S/C26H29F4N3O4S/c1-17(25(36)32-19-7-3-2-4-8-19)33(22-10-6-5-9-21(22)26(28,29)30)24(35)16-38(37)15-23(34)31-20-13-11-18(27)12-14-20/h5-6,9-14,17,19H,2-4,7-8,15-16H2,1H3,(H,31,34)(H,32,36)/t17-,38+/m0/s1. The first-order chi connectivity index (χ1) is 18.0. The Labute approximate surface area is 220 Å². The lowest BCUT2D eigenvalue weighted by Crippen LogP contribution is -2.52. The van der Waals surface area contributed by atoms with Gasteiger partial charge in [-0.05, 0) is 56.2 Å². The highest BCUT2D eigenvalue weighted by Crippen LogP contribution is 2.37. The molecule has 0 aliphatic heterocycles. The van der Waals surface area contributed by atoms with Crippen molar-refractivity contribution in [3.8, 4) is 0 Å². The van der Waals surface area contributed by atoms with Crippen molar-refractivity contribution in [1.29, 1.82) is 0 Å². The van der Waals surface area contributed by atoms with Crippen molar-refractivity contribution in [3.05, 3.63) is 59.9 Å². The molecule has 206 valence electrons. The SMILES string of the molecule is C[C@@H](C(=O)NC1CCCCC1)N(C(=O)C[S@](=O)CC(=O)Nc1ccc(F)cc1)c1ccccc1C(F)(F)F. The highest BCUT2D eigenvalue weighted by molar-refractivity contribution is 7.86. The van der Waals surface area contributed by atoms with Crippen LogP contribution >= 0.6 is 0 Å². The zero-order valence-electron chi connectivity index (χ0n) is 20.7. The molecule has 0 bridgehead atoms. The van der Waals surface area contributed by atoms with Crippen molar-refractivity contribution >= 4 is 39.9 Å². The monoisotopic (exact) mass is 555 g/mol. The van der Waals surface area contributed by atoms with Gasteiger partial charge in [-0.3, -0.25) is 23.5 Å². The molecule has 1 saturated carbocycles. The quantitative estimate of drug-likeness (QED) is 0.449. The van der Waals surface area contributed by atoms with E-state index in [1.165, 1.54) is 31.2 Å². The molecule has 0 saturated heterocycles. The summed E-state index contributed by atoms with van der Waals surface area (Å²) >= 11 is 0. The van der Waals surface area contributed by atoms with Crippen molar-refractivity contribution in [1.82, 2.24) is 5.32 Å². The van der Waals surface area contributed by atoms with Crippen LogP contribution in [0.5, 0.6) is 0 Å². The van der Waals surface area contributed by atoms with Crippen LogP contribution in [0.25, 0.3) is 0 Å². The number of amides is 3. The molecule has 1 aliphatic rings. The summed E-state index contributed by atoms with van der Waals surface area (Å²) in [5, 5.41) is 5.23. The Balaban J connectivity index is 1.78. The summed E-state index contributed by atoms with van der Waals surface area (Å²) in [6, 6.07) is 7.70. The van der Waals surface area contributed by atoms with E-state index in [2.05, 4.69) is 10.6 Å². The van der Waals surface area contributed by atoms with Gasteiger partial charge in [0.15, 0.2) is 0 Å². The highest BCUT2D eigenvalue weighted by atomic mass is 32.2. The van der Waals surface area contributed by atoms with Crippen LogP contribution in [-0.4, -0.2) is 45.5 Å². The Hall–Kier alpha value is -3.28. The molecule has 0 spiro atoms. The van der Waals surface area contributed by atoms with Gasteiger partial charge in [0.05, 0.1) is 11.3 Å². The topological polar surface area (TPSA) is 95.6 Å². The molecule has 1 fully saturated rings. The summed E-state index contributed by atoms with van der Waals surface area (Å²) in [5.74, 6) is -4.28.